The highest BCUT2D eigenvalue weighted by molar-refractivity contribution is 7.09. The number of likely N-dealkylation sites (tertiary alicyclic amines) is 1. The Morgan fingerprint density at radius 1 is 1.47 bits per heavy atom. The number of nitrogens with zero attached hydrogens (tertiary/aromatic N) is 2. The molecule has 0 radical (unpaired) electrons. The summed E-state index contributed by atoms with van der Waals surface area (Å²) in [4.78, 5) is 7.31. The zero-order chi connectivity index (χ0) is 11.7. The van der Waals surface area contributed by atoms with E-state index >= 15 is 0 Å². The number of hydrogen-bond acceptors (Lipinski definition) is 4. The number of nitrogens with one attached hydrogen (secondary N) is 1. The Morgan fingerprint density at radius 2 is 2.35 bits per heavy atom. The van der Waals surface area contributed by atoms with Crippen molar-refractivity contribution in [3.8, 4) is 0 Å². The Morgan fingerprint density at radius 3 is 3.00 bits per heavy atom. The molecule has 0 bridgehead atoms. The van der Waals surface area contributed by atoms with E-state index in [9.17, 15) is 0 Å². The summed E-state index contributed by atoms with van der Waals surface area (Å²) in [5.74, 6) is 0.737. The van der Waals surface area contributed by atoms with Crippen molar-refractivity contribution in [3.05, 3.63) is 16.6 Å². The van der Waals surface area contributed by atoms with Gasteiger partial charge in [0.1, 0.15) is 5.01 Å². The molecule has 1 saturated heterocycles. The van der Waals surface area contributed by atoms with E-state index in [4.69, 9.17) is 0 Å². The molecule has 0 amide bonds. The molecule has 2 fully saturated rings. The summed E-state index contributed by atoms with van der Waals surface area (Å²) < 4.78 is 0. The molecule has 2 heterocycles. The average Bonchev–Trinajstić information content (AvgIpc) is 3.06. The third-order valence-electron chi connectivity index (χ3n) is 3.98. The van der Waals surface area contributed by atoms with Gasteiger partial charge in [0.25, 0.3) is 0 Å². The second-order valence-electron chi connectivity index (χ2n) is 5.24. The van der Waals surface area contributed by atoms with E-state index in [0.717, 1.165) is 18.5 Å². The van der Waals surface area contributed by atoms with Crippen LogP contribution in [0, 0.1) is 5.92 Å². The predicted molar refractivity (Wildman–Crippen MR) is 71.2 cm³/mol. The van der Waals surface area contributed by atoms with Gasteiger partial charge in [-0.3, -0.25) is 4.90 Å². The number of rotatable bonds is 4. The van der Waals surface area contributed by atoms with E-state index in [2.05, 4.69) is 27.6 Å². The maximum atomic E-state index is 4.58. The molecular weight excluding hydrogens is 230 g/mol. The van der Waals surface area contributed by atoms with Crippen LogP contribution in [0.3, 0.4) is 0 Å². The number of aromatic nitrogens is 1. The third kappa shape index (κ3) is 2.39. The van der Waals surface area contributed by atoms with E-state index in [1.165, 1.54) is 37.2 Å². The summed E-state index contributed by atoms with van der Waals surface area (Å²) in [6, 6.07) is 1.42. The Kier molecular flexibility index (Phi) is 3.45. The summed E-state index contributed by atoms with van der Waals surface area (Å²) >= 11 is 1.83. The van der Waals surface area contributed by atoms with Crippen LogP contribution >= 0.6 is 11.3 Å². The predicted octanol–water partition coefficient (Wildman–Crippen LogP) is 2.28. The molecule has 17 heavy (non-hydrogen) atoms. The average molecular weight is 251 g/mol. The lowest BCUT2D eigenvalue weighted by Crippen LogP contribution is -2.43. The SMILES string of the molecule is CNCC1CCCN(C2CC2)C1c1nccs1. The maximum Gasteiger partial charge on any atom is 0.110 e. The van der Waals surface area contributed by atoms with E-state index in [1.54, 1.807) is 0 Å². The van der Waals surface area contributed by atoms with E-state index in [0.29, 0.717) is 6.04 Å². The molecule has 2 unspecified atom stereocenters. The fraction of sp³-hybridized carbons (Fsp3) is 0.769. The van der Waals surface area contributed by atoms with Crippen LogP contribution in [0.5, 0.6) is 0 Å². The molecule has 2 aliphatic rings. The molecule has 3 nitrogen and oxygen atoms in total. The molecule has 94 valence electrons. The lowest BCUT2D eigenvalue weighted by molar-refractivity contribution is 0.0843. The number of piperidine rings is 1. The van der Waals surface area contributed by atoms with Crippen LogP contribution in [0.15, 0.2) is 11.6 Å². The molecule has 2 atom stereocenters. The highest BCUT2D eigenvalue weighted by Gasteiger charge is 2.41. The van der Waals surface area contributed by atoms with Crippen molar-refractivity contribution in [2.75, 3.05) is 20.1 Å². The number of thiazole rings is 1. The van der Waals surface area contributed by atoms with Gasteiger partial charge in [0.15, 0.2) is 0 Å². The van der Waals surface area contributed by atoms with Crippen LogP contribution in [0.25, 0.3) is 0 Å². The first kappa shape index (κ1) is 11.6. The van der Waals surface area contributed by atoms with Gasteiger partial charge >= 0.3 is 0 Å². The van der Waals surface area contributed by atoms with E-state index in [-0.39, 0.29) is 0 Å². The second-order valence-corrected chi connectivity index (χ2v) is 6.17. The second kappa shape index (κ2) is 5.04. The minimum Gasteiger partial charge on any atom is -0.319 e. The first-order chi connectivity index (χ1) is 8.40. The molecule has 1 aromatic rings. The molecule has 3 rings (SSSR count). The van der Waals surface area contributed by atoms with Gasteiger partial charge in [-0.1, -0.05) is 0 Å². The van der Waals surface area contributed by atoms with Gasteiger partial charge in [-0.15, -0.1) is 11.3 Å². The third-order valence-corrected chi connectivity index (χ3v) is 4.83. The zero-order valence-corrected chi connectivity index (χ0v) is 11.2. The Labute approximate surface area is 107 Å². The van der Waals surface area contributed by atoms with Gasteiger partial charge < -0.3 is 5.32 Å². The molecule has 1 aromatic heterocycles. The van der Waals surface area contributed by atoms with Crippen molar-refractivity contribution in [1.82, 2.24) is 15.2 Å². The largest absolute Gasteiger partial charge is 0.319 e. The molecule has 1 N–H and O–H groups in total. The summed E-state index contributed by atoms with van der Waals surface area (Å²) in [6.45, 7) is 2.39. The fourth-order valence-corrected chi connectivity index (χ4v) is 3.97. The van der Waals surface area contributed by atoms with E-state index < -0.39 is 0 Å². The van der Waals surface area contributed by atoms with Crippen molar-refractivity contribution < 1.29 is 0 Å². The summed E-state index contributed by atoms with van der Waals surface area (Å²) in [5, 5.41) is 6.81. The van der Waals surface area contributed by atoms with Crippen molar-refractivity contribution in [1.29, 1.82) is 0 Å². The highest BCUT2D eigenvalue weighted by atomic mass is 32.1. The van der Waals surface area contributed by atoms with Crippen LogP contribution in [0.2, 0.25) is 0 Å². The molecule has 1 saturated carbocycles. The van der Waals surface area contributed by atoms with Crippen LogP contribution in [0.1, 0.15) is 36.7 Å². The summed E-state index contributed by atoms with van der Waals surface area (Å²) in [5.41, 5.74) is 0. The van der Waals surface area contributed by atoms with Gasteiger partial charge in [-0.25, -0.2) is 4.98 Å². The van der Waals surface area contributed by atoms with Gasteiger partial charge in [0.2, 0.25) is 0 Å². The zero-order valence-electron chi connectivity index (χ0n) is 10.4. The molecule has 1 aliphatic carbocycles. The van der Waals surface area contributed by atoms with Gasteiger partial charge in [-0.2, -0.15) is 0 Å². The Balaban J connectivity index is 1.83. The Bertz CT molecular complexity index is 346. The van der Waals surface area contributed by atoms with Crippen LogP contribution in [-0.2, 0) is 0 Å². The van der Waals surface area contributed by atoms with Crippen molar-refractivity contribution >= 4 is 11.3 Å². The van der Waals surface area contributed by atoms with E-state index in [1.807, 2.05) is 17.5 Å². The first-order valence-electron chi connectivity index (χ1n) is 6.70. The van der Waals surface area contributed by atoms with Crippen LogP contribution in [0.4, 0.5) is 0 Å². The normalized spacial score (nSPS) is 30.6. The quantitative estimate of drug-likeness (QED) is 0.890. The lowest BCUT2D eigenvalue weighted by atomic mass is 9.89. The van der Waals surface area contributed by atoms with Crippen molar-refractivity contribution in [2.24, 2.45) is 5.92 Å². The summed E-state index contributed by atoms with van der Waals surface area (Å²) in [6.07, 6.45) is 7.44. The van der Waals surface area contributed by atoms with Crippen LogP contribution in [-0.4, -0.2) is 36.1 Å². The minimum atomic E-state index is 0.573. The van der Waals surface area contributed by atoms with Crippen LogP contribution < -0.4 is 5.32 Å². The molecule has 1 aliphatic heterocycles. The van der Waals surface area contributed by atoms with Gasteiger partial charge in [-0.05, 0) is 51.7 Å². The topological polar surface area (TPSA) is 28.2 Å². The van der Waals surface area contributed by atoms with Crippen molar-refractivity contribution in [3.63, 3.8) is 0 Å². The highest BCUT2D eigenvalue weighted by Crippen LogP contribution is 2.43. The molecule has 0 spiro atoms. The fourth-order valence-electron chi connectivity index (χ4n) is 3.12. The number of hydrogen-bond donors (Lipinski definition) is 1. The Hall–Kier alpha value is -0.450. The lowest BCUT2D eigenvalue weighted by Gasteiger charge is -2.40. The molecule has 0 aromatic carbocycles. The molecule has 4 heteroatoms. The first-order valence-corrected chi connectivity index (χ1v) is 7.58. The maximum absolute atomic E-state index is 4.58. The minimum absolute atomic E-state index is 0.573. The monoisotopic (exact) mass is 251 g/mol. The van der Waals surface area contributed by atoms with Gasteiger partial charge in [0.05, 0.1) is 6.04 Å². The standard InChI is InChI=1S/C13H21N3S/c1-14-9-10-3-2-7-16(11-4-5-11)12(10)13-15-6-8-17-13/h6,8,10-12,14H,2-5,7,9H2,1H3. The summed E-state index contributed by atoms with van der Waals surface area (Å²) in [7, 11) is 2.06. The van der Waals surface area contributed by atoms with Crippen molar-refractivity contribution in [2.45, 2.75) is 37.8 Å². The molecular formula is C13H21N3S. The smallest absolute Gasteiger partial charge is 0.110 e. The van der Waals surface area contributed by atoms with Gasteiger partial charge in [0, 0.05) is 17.6 Å².